The number of benzene rings is 2. The second kappa shape index (κ2) is 21.6. The summed E-state index contributed by atoms with van der Waals surface area (Å²) in [6.45, 7) is 11.7. The van der Waals surface area contributed by atoms with Crippen molar-refractivity contribution < 1.29 is 37.9 Å². The Morgan fingerprint density at radius 2 is 1.05 bits per heavy atom. The summed E-state index contributed by atoms with van der Waals surface area (Å²) in [6.07, 6.45) is 0. The molecule has 220 valence electrons. The lowest BCUT2D eigenvalue weighted by Crippen LogP contribution is -2.15. The van der Waals surface area contributed by atoms with Crippen LogP contribution >= 0.6 is 0 Å². The second-order valence-electron chi connectivity index (χ2n) is 8.79. The number of ether oxygens (including phenoxy) is 8. The van der Waals surface area contributed by atoms with Gasteiger partial charge in [0, 0.05) is 14.2 Å². The van der Waals surface area contributed by atoms with Gasteiger partial charge in [0.25, 0.3) is 0 Å². The summed E-state index contributed by atoms with van der Waals surface area (Å²) >= 11 is 0. The minimum absolute atomic E-state index is 0.466. The van der Waals surface area contributed by atoms with E-state index in [0.717, 1.165) is 11.4 Å². The van der Waals surface area contributed by atoms with Crippen LogP contribution in [0.1, 0.15) is 11.1 Å². The fourth-order valence-electron chi connectivity index (χ4n) is 3.62. The van der Waals surface area contributed by atoms with E-state index in [1.165, 1.54) is 22.3 Å². The lowest BCUT2D eigenvalue weighted by atomic mass is 9.98. The van der Waals surface area contributed by atoms with E-state index in [2.05, 4.69) is 49.5 Å². The summed E-state index contributed by atoms with van der Waals surface area (Å²) in [5.74, 6) is 0.809. The maximum atomic E-state index is 5.93. The molecule has 0 aromatic heterocycles. The van der Waals surface area contributed by atoms with Crippen LogP contribution in [-0.4, -0.2) is 107 Å². The van der Waals surface area contributed by atoms with Gasteiger partial charge in [0.05, 0.1) is 91.6 Å². The first-order valence-corrected chi connectivity index (χ1v) is 13.6. The van der Waals surface area contributed by atoms with Crippen molar-refractivity contribution in [3.63, 3.8) is 0 Å². The number of aryl methyl sites for hydroxylation is 2. The van der Waals surface area contributed by atoms with Gasteiger partial charge >= 0.3 is 0 Å². The van der Waals surface area contributed by atoms with Gasteiger partial charge in [-0.1, -0.05) is 29.8 Å². The number of anilines is 1. The maximum absolute atomic E-state index is 5.93. The van der Waals surface area contributed by atoms with Crippen LogP contribution in [0.25, 0.3) is 11.1 Å². The lowest BCUT2D eigenvalue weighted by Gasteiger charge is -2.14. The summed E-state index contributed by atoms with van der Waals surface area (Å²) in [4.78, 5) is 0. The Labute approximate surface area is 234 Å². The minimum atomic E-state index is 0.466. The van der Waals surface area contributed by atoms with Crippen LogP contribution in [0.15, 0.2) is 36.4 Å². The molecule has 0 bridgehead atoms. The van der Waals surface area contributed by atoms with Gasteiger partial charge in [0.15, 0.2) is 0 Å². The second-order valence-corrected chi connectivity index (χ2v) is 8.79. The molecular weight excluding hydrogens is 502 g/mol. The molecule has 0 spiro atoms. The zero-order chi connectivity index (χ0) is 28.0. The average molecular weight is 550 g/mol. The minimum Gasteiger partial charge on any atom is -0.489 e. The molecule has 9 heteroatoms. The third-order valence-corrected chi connectivity index (χ3v) is 5.73. The van der Waals surface area contributed by atoms with E-state index < -0.39 is 0 Å². The van der Waals surface area contributed by atoms with E-state index in [9.17, 15) is 0 Å². The highest BCUT2D eigenvalue weighted by molar-refractivity contribution is 5.74. The van der Waals surface area contributed by atoms with E-state index in [4.69, 9.17) is 37.9 Å². The van der Waals surface area contributed by atoms with Crippen molar-refractivity contribution in [2.75, 3.05) is 112 Å². The molecule has 9 nitrogen and oxygen atoms in total. The third kappa shape index (κ3) is 14.6. The molecule has 0 aliphatic carbocycles. The van der Waals surface area contributed by atoms with Crippen LogP contribution in [0, 0.1) is 13.8 Å². The Morgan fingerprint density at radius 1 is 0.564 bits per heavy atom. The number of rotatable bonds is 24. The average Bonchev–Trinajstić information content (AvgIpc) is 2.95. The molecule has 1 N–H and O–H groups in total. The van der Waals surface area contributed by atoms with Crippen molar-refractivity contribution in [1.29, 1.82) is 0 Å². The molecule has 39 heavy (non-hydrogen) atoms. The maximum Gasteiger partial charge on any atom is 0.142 e. The van der Waals surface area contributed by atoms with E-state index in [1.807, 2.05) is 13.1 Å². The Kier molecular flexibility index (Phi) is 18.2. The highest BCUT2D eigenvalue weighted by Gasteiger charge is 2.08. The fraction of sp³-hybridized carbons (Fsp3) is 0.600. The van der Waals surface area contributed by atoms with Crippen molar-refractivity contribution in [3.8, 4) is 16.9 Å². The normalized spacial score (nSPS) is 11.2. The van der Waals surface area contributed by atoms with E-state index in [1.54, 1.807) is 7.11 Å². The van der Waals surface area contributed by atoms with E-state index in [0.29, 0.717) is 92.5 Å². The molecule has 0 fully saturated rings. The summed E-state index contributed by atoms with van der Waals surface area (Å²) in [5.41, 5.74) is 5.85. The summed E-state index contributed by atoms with van der Waals surface area (Å²) < 4.78 is 43.6. The zero-order valence-corrected chi connectivity index (χ0v) is 24.1. The molecule has 0 atom stereocenters. The molecule has 0 radical (unpaired) electrons. The standard InChI is InChI=1S/C30H47NO8/c1-25-5-6-26(2)28(23-25)27-7-8-30(29(24-27)31-3)39-22-21-38-20-19-37-18-17-36-16-15-35-14-13-34-12-11-33-10-9-32-4/h5-8,23-24,31H,9-22H2,1-4H3. The van der Waals surface area contributed by atoms with Crippen molar-refractivity contribution in [3.05, 3.63) is 47.5 Å². The van der Waals surface area contributed by atoms with Crippen molar-refractivity contribution in [1.82, 2.24) is 0 Å². The molecule has 2 aromatic rings. The van der Waals surface area contributed by atoms with E-state index in [-0.39, 0.29) is 0 Å². The van der Waals surface area contributed by atoms with Gasteiger partial charge in [0.2, 0.25) is 0 Å². The molecule has 0 aliphatic heterocycles. The Bertz CT molecular complexity index is 895. The molecule has 0 aliphatic rings. The Hall–Kier alpha value is -2.24. The smallest absolute Gasteiger partial charge is 0.142 e. The van der Waals surface area contributed by atoms with Crippen LogP contribution in [0.2, 0.25) is 0 Å². The van der Waals surface area contributed by atoms with Crippen molar-refractivity contribution in [2.45, 2.75) is 13.8 Å². The monoisotopic (exact) mass is 549 g/mol. The highest BCUT2D eigenvalue weighted by atomic mass is 16.6. The molecule has 2 rings (SSSR count). The molecule has 0 saturated carbocycles. The molecule has 2 aromatic carbocycles. The van der Waals surface area contributed by atoms with Gasteiger partial charge in [-0.05, 0) is 42.7 Å². The summed E-state index contributed by atoms with van der Waals surface area (Å²) in [7, 11) is 3.55. The zero-order valence-electron chi connectivity index (χ0n) is 24.1. The fourth-order valence-corrected chi connectivity index (χ4v) is 3.62. The summed E-state index contributed by atoms with van der Waals surface area (Å²) in [5, 5.41) is 3.24. The third-order valence-electron chi connectivity index (χ3n) is 5.73. The van der Waals surface area contributed by atoms with Crippen LogP contribution in [0.4, 0.5) is 5.69 Å². The largest absolute Gasteiger partial charge is 0.489 e. The lowest BCUT2D eigenvalue weighted by molar-refractivity contribution is -0.0199. The highest BCUT2D eigenvalue weighted by Crippen LogP contribution is 2.32. The first-order valence-electron chi connectivity index (χ1n) is 13.6. The molecule has 0 amide bonds. The Balaban J connectivity index is 1.41. The predicted molar refractivity (Wildman–Crippen MR) is 153 cm³/mol. The predicted octanol–water partition coefficient (Wildman–Crippen LogP) is 4.14. The van der Waals surface area contributed by atoms with Gasteiger partial charge in [-0.3, -0.25) is 0 Å². The van der Waals surface area contributed by atoms with Crippen LogP contribution < -0.4 is 10.1 Å². The van der Waals surface area contributed by atoms with Gasteiger partial charge in [-0.2, -0.15) is 0 Å². The number of hydrogen-bond acceptors (Lipinski definition) is 9. The Morgan fingerprint density at radius 3 is 1.54 bits per heavy atom. The quantitative estimate of drug-likeness (QED) is 0.194. The first-order chi connectivity index (χ1) is 19.2. The van der Waals surface area contributed by atoms with Gasteiger partial charge < -0.3 is 43.2 Å². The summed E-state index contributed by atoms with van der Waals surface area (Å²) in [6, 6.07) is 12.7. The molecule has 0 heterocycles. The van der Waals surface area contributed by atoms with Gasteiger partial charge in [0.1, 0.15) is 12.4 Å². The molecular formula is C30H47NO8. The van der Waals surface area contributed by atoms with Crippen LogP contribution in [0.5, 0.6) is 5.75 Å². The van der Waals surface area contributed by atoms with Crippen molar-refractivity contribution in [2.24, 2.45) is 0 Å². The van der Waals surface area contributed by atoms with Gasteiger partial charge in [-0.15, -0.1) is 0 Å². The SMILES string of the molecule is CNc1cc(-c2cc(C)ccc2C)ccc1OCCOCCOCCOCCOCCOCCOCCOC. The van der Waals surface area contributed by atoms with Crippen molar-refractivity contribution >= 4 is 5.69 Å². The van der Waals surface area contributed by atoms with Crippen LogP contribution in [0.3, 0.4) is 0 Å². The number of methoxy groups -OCH3 is 1. The topological polar surface area (TPSA) is 85.9 Å². The number of hydrogen-bond donors (Lipinski definition) is 1. The van der Waals surface area contributed by atoms with E-state index >= 15 is 0 Å². The number of nitrogens with one attached hydrogen (secondary N) is 1. The first kappa shape index (κ1) is 33.0. The molecule has 0 unspecified atom stereocenters. The van der Waals surface area contributed by atoms with Gasteiger partial charge in [-0.25, -0.2) is 0 Å². The van der Waals surface area contributed by atoms with Crippen LogP contribution in [-0.2, 0) is 33.2 Å². The molecule has 0 saturated heterocycles.